The van der Waals surface area contributed by atoms with Crippen molar-refractivity contribution in [3.63, 3.8) is 0 Å². The Morgan fingerprint density at radius 3 is 2.31 bits per heavy atom. The number of benzene rings is 1. The maximum absolute atomic E-state index is 12.7. The molecule has 1 aromatic heterocycles. The number of aryl methyl sites for hydroxylation is 1. The van der Waals surface area contributed by atoms with Gasteiger partial charge in [-0.2, -0.15) is 0 Å². The number of amides is 1. The largest absolute Gasteiger partial charge is 0.482 e. The second-order valence-electron chi connectivity index (χ2n) is 6.87. The molecule has 15 heteroatoms. The highest BCUT2D eigenvalue weighted by atomic mass is 35.5. The van der Waals surface area contributed by atoms with E-state index in [0.29, 0.717) is 25.0 Å². The molecular weight excluding hydrogens is 523 g/mol. The summed E-state index contributed by atoms with van der Waals surface area (Å²) in [4.78, 5) is 32.8. The van der Waals surface area contributed by atoms with Crippen LogP contribution < -0.4 is 27.7 Å². The molecule has 2 rings (SSSR count). The third-order valence-electron chi connectivity index (χ3n) is 4.40. The zero-order valence-corrected chi connectivity index (χ0v) is 21.1. The van der Waals surface area contributed by atoms with Crippen LogP contribution >= 0.6 is 36.4 Å². The SMILES string of the molecule is Cl.Cl.N=C(N)N(CCCCc1ccc(OCC(=O)OCCN)cc1)C(=O)c1nc(Cl)c(N)nc1N. The zero-order chi connectivity index (χ0) is 24.4. The third-order valence-corrected chi connectivity index (χ3v) is 4.68. The van der Waals surface area contributed by atoms with Gasteiger partial charge in [0.05, 0.1) is 0 Å². The Morgan fingerprint density at radius 2 is 1.71 bits per heavy atom. The van der Waals surface area contributed by atoms with Crippen molar-refractivity contribution in [2.24, 2.45) is 11.5 Å². The highest BCUT2D eigenvalue weighted by Crippen LogP contribution is 2.19. The van der Waals surface area contributed by atoms with Crippen molar-refractivity contribution < 1.29 is 19.1 Å². The first-order chi connectivity index (χ1) is 15.7. The predicted molar refractivity (Wildman–Crippen MR) is 138 cm³/mol. The lowest BCUT2D eigenvalue weighted by Gasteiger charge is -2.20. The summed E-state index contributed by atoms with van der Waals surface area (Å²) >= 11 is 5.83. The maximum Gasteiger partial charge on any atom is 0.344 e. The Morgan fingerprint density at radius 1 is 1.06 bits per heavy atom. The number of nitrogen functional groups attached to an aromatic ring is 2. The summed E-state index contributed by atoms with van der Waals surface area (Å²) in [6.07, 6.45) is 1.99. The molecule has 0 unspecified atom stereocenters. The van der Waals surface area contributed by atoms with Crippen LogP contribution in [-0.2, 0) is 16.0 Å². The number of hydrogen-bond donors (Lipinski definition) is 5. The molecule has 9 N–H and O–H groups in total. The molecule has 0 radical (unpaired) electrons. The van der Waals surface area contributed by atoms with Crippen LogP contribution in [0, 0.1) is 5.41 Å². The van der Waals surface area contributed by atoms with Crippen molar-refractivity contribution in [3.8, 4) is 5.75 Å². The van der Waals surface area contributed by atoms with Gasteiger partial charge >= 0.3 is 5.97 Å². The maximum atomic E-state index is 12.7. The van der Waals surface area contributed by atoms with E-state index in [2.05, 4.69) is 9.97 Å². The summed E-state index contributed by atoms with van der Waals surface area (Å²) in [5, 5.41) is 7.55. The minimum absolute atomic E-state index is 0. The highest BCUT2D eigenvalue weighted by molar-refractivity contribution is 6.31. The Labute approximate surface area is 220 Å². The van der Waals surface area contributed by atoms with Crippen LogP contribution in [0.25, 0.3) is 0 Å². The summed E-state index contributed by atoms with van der Waals surface area (Å²) in [5.41, 5.74) is 22.9. The van der Waals surface area contributed by atoms with E-state index in [-0.39, 0.29) is 73.6 Å². The smallest absolute Gasteiger partial charge is 0.344 e. The minimum atomic E-state index is -0.680. The molecule has 1 aromatic carbocycles. The lowest BCUT2D eigenvalue weighted by Crippen LogP contribution is -2.42. The summed E-state index contributed by atoms with van der Waals surface area (Å²) in [7, 11) is 0. The first-order valence-electron chi connectivity index (χ1n) is 10.0. The van der Waals surface area contributed by atoms with Crippen LogP contribution in [-0.4, -0.2) is 59.0 Å². The number of ether oxygens (including phenoxy) is 2. The Bertz CT molecular complexity index is 995. The molecule has 0 spiro atoms. The number of nitrogens with zero attached hydrogens (tertiary/aromatic N) is 3. The Balaban J connectivity index is 0.00000578. The van der Waals surface area contributed by atoms with E-state index in [0.717, 1.165) is 10.5 Å². The Kier molecular flexibility index (Phi) is 14.4. The molecule has 35 heavy (non-hydrogen) atoms. The van der Waals surface area contributed by atoms with Gasteiger partial charge in [-0.15, -0.1) is 24.8 Å². The number of aromatic nitrogens is 2. The molecule has 1 heterocycles. The molecule has 0 fully saturated rings. The van der Waals surface area contributed by atoms with Crippen LogP contribution in [0.3, 0.4) is 0 Å². The van der Waals surface area contributed by atoms with Crippen molar-refractivity contribution in [1.82, 2.24) is 14.9 Å². The molecule has 194 valence electrons. The second-order valence-corrected chi connectivity index (χ2v) is 7.23. The van der Waals surface area contributed by atoms with Gasteiger partial charge in [0.15, 0.2) is 35.0 Å². The molecule has 1 amide bonds. The number of carbonyl (C=O) groups excluding carboxylic acids is 2. The number of unbranched alkanes of at least 4 members (excludes halogenated alkanes) is 1. The number of carbonyl (C=O) groups is 2. The first-order valence-corrected chi connectivity index (χ1v) is 10.4. The fraction of sp³-hybridized carbons (Fsp3) is 0.350. The summed E-state index contributed by atoms with van der Waals surface area (Å²) < 4.78 is 10.2. The monoisotopic (exact) mass is 550 g/mol. The van der Waals surface area contributed by atoms with Gasteiger partial charge < -0.3 is 32.4 Å². The van der Waals surface area contributed by atoms with E-state index in [1.807, 2.05) is 12.1 Å². The number of hydrogen-bond acceptors (Lipinski definition) is 10. The van der Waals surface area contributed by atoms with Gasteiger partial charge in [0, 0.05) is 13.1 Å². The summed E-state index contributed by atoms with van der Waals surface area (Å²) in [5.74, 6) is -1.35. The highest BCUT2D eigenvalue weighted by Gasteiger charge is 2.23. The summed E-state index contributed by atoms with van der Waals surface area (Å²) in [6.45, 7) is 0.407. The van der Waals surface area contributed by atoms with Crippen molar-refractivity contribution in [1.29, 1.82) is 5.41 Å². The van der Waals surface area contributed by atoms with E-state index < -0.39 is 17.8 Å². The minimum Gasteiger partial charge on any atom is -0.482 e. The molecule has 2 aromatic rings. The van der Waals surface area contributed by atoms with E-state index in [1.165, 1.54) is 0 Å². The number of nitrogens with two attached hydrogens (primary N) is 4. The van der Waals surface area contributed by atoms with Crippen LogP contribution in [0.4, 0.5) is 11.6 Å². The lowest BCUT2D eigenvalue weighted by atomic mass is 10.1. The van der Waals surface area contributed by atoms with Crippen molar-refractivity contribution in [3.05, 3.63) is 40.7 Å². The Hall–Kier alpha value is -3.06. The number of halogens is 3. The fourth-order valence-electron chi connectivity index (χ4n) is 2.77. The summed E-state index contributed by atoms with van der Waals surface area (Å²) in [6, 6.07) is 7.26. The first kappa shape index (κ1) is 31.9. The van der Waals surface area contributed by atoms with Crippen molar-refractivity contribution >= 4 is 65.9 Å². The van der Waals surface area contributed by atoms with Gasteiger partial charge in [0.2, 0.25) is 0 Å². The number of guanidine groups is 1. The van der Waals surface area contributed by atoms with Gasteiger partial charge in [0.1, 0.15) is 12.4 Å². The van der Waals surface area contributed by atoms with Crippen LogP contribution in [0.15, 0.2) is 24.3 Å². The number of rotatable bonds is 11. The topological polar surface area (TPSA) is 210 Å². The quantitative estimate of drug-likeness (QED) is 0.117. The molecule has 12 nitrogen and oxygen atoms in total. The van der Waals surface area contributed by atoms with Gasteiger partial charge in [0.25, 0.3) is 5.91 Å². The molecule has 0 saturated heterocycles. The molecule has 0 atom stereocenters. The van der Waals surface area contributed by atoms with Crippen molar-refractivity contribution in [2.45, 2.75) is 19.3 Å². The van der Waals surface area contributed by atoms with E-state index in [1.54, 1.807) is 12.1 Å². The van der Waals surface area contributed by atoms with Gasteiger partial charge in [-0.1, -0.05) is 23.7 Å². The van der Waals surface area contributed by atoms with Gasteiger partial charge in [-0.25, -0.2) is 14.8 Å². The molecule has 0 aliphatic heterocycles. The fourth-order valence-corrected chi connectivity index (χ4v) is 2.89. The molecule has 0 aliphatic carbocycles. The standard InChI is InChI=1S/C20H27ClN8O4.2ClH/c21-16-18(24)28-17(23)15(27-16)19(31)29(20(25)26)9-2-1-3-12-4-6-13(7-5-12)33-11-14(30)32-10-8-22;;/h4-7H,1-3,8-11,22H2,(H3,25,26)(H4,23,24,28);2*1H. The van der Waals surface area contributed by atoms with Gasteiger partial charge in [-0.05, 0) is 37.0 Å². The third kappa shape index (κ3) is 9.99. The van der Waals surface area contributed by atoms with E-state index in [9.17, 15) is 9.59 Å². The van der Waals surface area contributed by atoms with E-state index >= 15 is 0 Å². The second kappa shape index (κ2) is 15.8. The lowest BCUT2D eigenvalue weighted by molar-refractivity contribution is -0.145. The van der Waals surface area contributed by atoms with Crippen LogP contribution in [0.5, 0.6) is 5.75 Å². The average Bonchev–Trinajstić information content (AvgIpc) is 2.78. The number of nitrogens with one attached hydrogen (secondary N) is 1. The molecule has 0 aliphatic rings. The molecule has 0 bridgehead atoms. The van der Waals surface area contributed by atoms with Crippen LogP contribution in [0.2, 0.25) is 5.15 Å². The van der Waals surface area contributed by atoms with Gasteiger partial charge in [-0.3, -0.25) is 15.1 Å². The van der Waals surface area contributed by atoms with Crippen molar-refractivity contribution in [2.75, 3.05) is 37.8 Å². The molecular formula is C20H29Cl3N8O4. The molecule has 0 saturated carbocycles. The van der Waals surface area contributed by atoms with E-state index in [4.69, 9.17) is 49.4 Å². The van der Waals surface area contributed by atoms with Crippen LogP contribution in [0.1, 0.15) is 28.9 Å². The normalized spacial score (nSPS) is 9.89. The zero-order valence-electron chi connectivity index (χ0n) is 18.7. The average molecular weight is 552 g/mol. The number of anilines is 2. The predicted octanol–water partition coefficient (Wildman–Crippen LogP) is 1.38. The number of esters is 1.